The summed E-state index contributed by atoms with van der Waals surface area (Å²) >= 11 is 0. The highest BCUT2D eigenvalue weighted by atomic mass is 16.6. The number of carbonyl (C=O) groups is 1. The fourth-order valence-corrected chi connectivity index (χ4v) is 1.93. The van der Waals surface area contributed by atoms with Crippen molar-refractivity contribution in [3.05, 3.63) is 29.8 Å². The molecule has 0 amide bonds. The van der Waals surface area contributed by atoms with Gasteiger partial charge in [-0.3, -0.25) is 4.79 Å². The van der Waals surface area contributed by atoms with E-state index in [-0.39, 0.29) is 12.1 Å². The monoisotopic (exact) mass is 260 g/mol. The van der Waals surface area contributed by atoms with Gasteiger partial charge in [-0.25, -0.2) is 0 Å². The highest BCUT2D eigenvalue weighted by Gasteiger charge is 2.30. The number of carbonyl (C=O) groups excluding carboxylic acids is 1. The van der Waals surface area contributed by atoms with Crippen molar-refractivity contribution < 1.29 is 19.0 Å². The van der Waals surface area contributed by atoms with Crippen LogP contribution in [0.15, 0.2) is 24.3 Å². The summed E-state index contributed by atoms with van der Waals surface area (Å²) in [5.74, 6) is 3.12. The standard InChI is InChI=1S/C15H16O4/c1-3-13(14-8-9-15(16)19-14)18-10-11-4-6-12(17-2)7-5-11/h1,4-7,13-14H,8-10H2,2H3/t13-,14-/m1/s1. The maximum Gasteiger partial charge on any atom is 0.306 e. The van der Waals surface area contributed by atoms with E-state index in [0.29, 0.717) is 19.4 Å². The second-order valence-corrected chi connectivity index (χ2v) is 4.31. The zero-order valence-electron chi connectivity index (χ0n) is 10.8. The predicted octanol–water partition coefficient (Wildman–Crippen LogP) is 1.92. The molecule has 100 valence electrons. The van der Waals surface area contributed by atoms with Crippen LogP contribution in [-0.2, 0) is 20.9 Å². The molecule has 0 spiro atoms. The molecule has 2 rings (SSSR count). The summed E-state index contributed by atoms with van der Waals surface area (Å²) in [6.07, 6.45) is 5.64. The molecular formula is C15H16O4. The Morgan fingerprint density at radius 2 is 2.21 bits per heavy atom. The molecule has 1 saturated heterocycles. The summed E-state index contributed by atoms with van der Waals surface area (Å²) in [4.78, 5) is 11.1. The first-order valence-electron chi connectivity index (χ1n) is 6.13. The summed E-state index contributed by atoms with van der Waals surface area (Å²) in [6.45, 7) is 0.382. The molecule has 0 N–H and O–H groups in total. The van der Waals surface area contributed by atoms with Gasteiger partial charge in [-0.1, -0.05) is 18.1 Å². The highest BCUT2D eigenvalue weighted by molar-refractivity contribution is 5.71. The largest absolute Gasteiger partial charge is 0.497 e. The molecule has 0 radical (unpaired) electrons. The first kappa shape index (κ1) is 13.4. The van der Waals surface area contributed by atoms with Gasteiger partial charge in [0, 0.05) is 6.42 Å². The van der Waals surface area contributed by atoms with Crippen LogP contribution in [0.1, 0.15) is 18.4 Å². The molecule has 1 aliphatic rings. The van der Waals surface area contributed by atoms with Crippen LogP contribution in [0.25, 0.3) is 0 Å². The molecule has 1 heterocycles. The van der Waals surface area contributed by atoms with Crippen LogP contribution in [0, 0.1) is 12.3 Å². The number of hydrogen-bond donors (Lipinski definition) is 0. The normalized spacial score (nSPS) is 19.6. The van der Waals surface area contributed by atoms with E-state index < -0.39 is 6.10 Å². The van der Waals surface area contributed by atoms with Crippen LogP contribution in [0.4, 0.5) is 0 Å². The molecule has 4 nitrogen and oxygen atoms in total. The molecule has 0 unspecified atom stereocenters. The number of rotatable bonds is 5. The molecule has 19 heavy (non-hydrogen) atoms. The molecule has 2 atom stereocenters. The Hall–Kier alpha value is -1.99. The number of hydrogen-bond acceptors (Lipinski definition) is 4. The topological polar surface area (TPSA) is 44.8 Å². The minimum Gasteiger partial charge on any atom is -0.497 e. The first-order chi connectivity index (χ1) is 9.22. The lowest BCUT2D eigenvalue weighted by Crippen LogP contribution is -2.27. The van der Waals surface area contributed by atoms with Gasteiger partial charge >= 0.3 is 5.97 Å². The van der Waals surface area contributed by atoms with Gasteiger partial charge in [0.2, 0.25) is 0 Å². The summed E-state index contributed by atoms with van der Waals surface area (Å²) in [7, 11) is 1.62. The van der Waals surface area contributed by atoms with E-state index in [1.165, 1.54) is 0 Å². The Labute approximate surface area is 112 Å². The summed E-state index contributed by atoms with van der Waals surface area (Å²) in [5.41, 5.74) is 0.991. The van der Waals surface area contributed by atoms with E-state index in [0.717, 1.165) is 11.3 Å². The summed E-state index contributed by atoms with van der Waals surface area (Å²) in [5, 5.41) is 0. The van der Waals surface area contributed by atoms with E-state index in [1.54, 1.807) is 7.11 Å². The molecule has 1 fully saturated rings. The molecule has 0 aromatic heterocycles. The minimum absolute atomic E-state index is 0.210. The molecule has 0 bridgehead atoms. The van der Waals surface area contributed by atoms with E-state index in [1.807, 2.05) is 24.3 Å². The van der Waals surface area contributed by atoms with Crippen LogP contribution < -0.4 is 4.74 Å². The van der Waals surface area contributed by atoms with Crippen molar-refractivity contribution in [2.45, 2.75) is 31.7 Å². The van der Waals surface area contributed by atoms with Crippen molar-refractivity contribution in [3.8, 4) is 18.1 Å². The Morgan fingerprint density at radius 3 is 2.74 bits per heavy atom. The lowest BCUT2D eigenvalue weighted by molar-refractivity contribution is -0.145. The number of ether oxygens (including phenoxy) is 3. The summed E-state index contributed by atoms with van der Waals surface area (Å²) in [6, 6.07) is 7.54. The SMILES string of the molecule is C#C[C@@H](OCc1ccc(OC)cc1)[C@H]1CCC(=O)O1. The maximum atomic E-state index is 11.1. The lowest BCUT2D eigenvalue weighted by Gasteiger charge is -2.18. The van der Waals surface area contributed by atoms with Gasteiger partial charge in [0.25, 0.3) is 0 Å². The van der Waals surface area contributed by atoms with Gasteiger partial charge in [0.1, 0.15) is 11.9 Å². The Kier molecular flexibility index (Phi) is 4.43. The van der Waals surface area contributed by atoms with Gasteiger partial charge in [0.05, 0.1) is 13.7 Å². The number of methoxy groups -OCH3 is 1. The third-order valence-electron chi connectivity index (χ3n) is 3.01. The number of benzene rings is 1. The number of cyclic esters (lactones) is 1. The lowest BCUT2D eigenvalue weighted by atomic mass is 10.1. The number of esters is 1. The van der Waals surface area contributed by atoms with E-state index >= 15 is 0 Å². The van der Waals surface area contributed by atoms with Crippen LogP contribution in [0.5, 0.6) is 5.75 Å². The first-order valence-corrected chi connectivity index (χ1v) is 6.13. The minimum atomic E-state index is -0.492. The van der Waals surface area contributed by atoms with Gasteiger partial charge in [0.15, 0.2) is 6.10 Å². The van der Waals surface area contributed by atoms with Crippen LogP contribution in [0.3, 0.4) is 0 Å². The Morgan fingerprint density at radius 1 is 1.47 bits per heavy atom. The van der Waals surface area contributed by atoms with E-state index in [4.69, 9.17) is 20.6 Å². The fraction of sp³-hybridized carbons (Fsp3) is 0.400. The quantitative estimate of drug-likeness (QED) is 0.599. The van der Waals surface area contributed by atoms with E-state index in [9.17, 15) is 4.79 Å². The smallest absolute Gasteiger partial charge is 0.306 e. The second kappa shape index (κ2) is 6.26. The second-order valence-electron chi connectivity index (χ2n) is 4.31. The molecule has 1 aromatic carbocycles. The fourth-order valence-electron chi connectivity index (χ4n) is 1.93. The van der Waals surface area contributed by atoms with Crippen LogP contribution in [0.2, 0.25) is 0 Å². The van der Waals surface area contributed by atoms with E-state index in [2.05, 4.69) is 5.92 Å². The zero-order valence-corrected chi connectivity index (χ0v) is 10.8. The van der Waals surface area contributed by atoms with Crippen molar-refractivity contribution in [1.29, 1.82) is 0 Å². The molecule has 0 aliphatic carbocycles. The number of terminal acetylenes is 1. The van der Waals surface area contributed by atoms with Crippen molar-refractivity contribution in [2.75, 3.05) is 7.11 Å². The van der Waals surface area contributed by atoms with Crippen molar-refractivity contribution in [1.82, 2.24) is 0 Å². The Bertz CT molecular complexity index is 472. The zero-order chi connectivity index (χ0) is 13.7. The van der Waals surface area contributed by atoms with Gasteiger partial charge in [-0.2, -0.15) is 0 Å². The van der Waals surface area contributed by atoms with Crippen LogP contribution >= 0.6 is 0 Å². The van der Waals surface area contributed by atoms with Gasteiger partial charge < -0.3 is 14.2 Å². The molecular weight excluding hydrogens is 244 g/mol. The average Bonchev–Trinajstić information content (AvgIpc) is 2.87. The Balaban J connectivity index is 1.89. The highest BCUT2D eigenvalue weighted by Crippen LogP contribution is 2.20. The van der Waals surface area contributed by atoms with Gasteiger partial charge in [-0.05, 0) is 24.1 Å². The van der Waals surface area contributed by atoms with Crippen molar-refractivity contribution >= 4 is 5.97 Å². The molecule has 1 aliphatic heterocycles. The third-order valence-corrected chi connectivity index (χ3v) is 3.01. The predicted molar refractivity (Wildman–Crippen MR) is 69.5 cm³/mol. The van der Waals surface area contributed by atoms with Crippen LogP contribution in [-0.4, -0.2) is 25.3 Å². The third kappa shape index (κ3) is 3.49. The molecule has 1 aromatic rings. The molecule has 4 heteroatoms. The van der Waals surface area contributed by atoms with Gasteiger partial charge in [-0.15, -0.1) is 6.42 Å². The molecule has 0 saturated carbocycles. The maximum absolute atomic E-state index is 11.1. The summed E-state index contributed by atoms with van der Waals surface area (Å²) < 4.78 is 15.8. The average molecular weight is 260 g/mol. The van der Waals surface area contributed by atoms with Crippen molar-refractivity contribution in [3.63, 3.8) is 0 Å². The van der Waals surface area contributed by atoms with Crippen molar-refractivity contribution in [2.24, 2.45) is 0 Å².